The van der Waals surface area contributed by atoms with Crippen molar-refractivity contribution in [3.05, 3.63) is 19.7 Å². The molecule has 110 valence electrons. The summed E-state index contributed by atoms with van der Waals surface area (Å²) >= 11 is 5.92. The lowest BCUT2D eigenvalue weighted by Crippen LogP contribution is -2.12. The number of aryl methyl sites for hydroxylation is 1. The quantitative estimate of drug-likeness (QED) is 0.782. The highest BCUT2D eigenvalue weighted by molar-refractivity contribution is 9.11. The summed E-state index contributed by atoms with van der Waals surface area (Å²) in [6.45, 7) is 2.57. The number of aromatic nitrogens is 2. The fourth-order valence-corrected chi connectivity index (χ4v) is 6.06. The van der Waals surface area contributed by atoms with E-state index in [2.05, 4.69) is 36.2 Å². The molecule has 0 bridgehead atoms. The number of halogens is 1. The standard InChI is InChI=1S/C10H13BrN4O2S3/c1-3-8-13-14-10(19-8)15-20(16,17)7-4-6(5-12-2)18-9(7)11/h4,12H,3,5H2,1-2H3,(H,14,15). The second-order valence-electron chi connectivity index (χ2n) is 3.84. The van der Waals surface area contributed by atoms with Gasteiger partial charge in [0.05, 0.1) is 3.79 Å². The first kappa shape index (κ1) is 15.8. The zero-order valence-electron chi connectivity index (χ0n) is 10.8. The Kier molecular flexibility index (Phi) is 5.13. The van der Waals surface area contributed by atoms with Crippen molar-refractivity contribution in [2.45, 2.75) is 24.8 Å². The molecule has 0 radical (unpaired) electrons. The van der Waals surface area contributed by atoms with E-state index in [1.54, 1.807) is 6.07 Å². The van der Waals surface area contributed by atoms with Crippen molar-refractivity contribution in [3.8, 4) is 0 Å². The molecule has 0 aliphatic rings. The van der Waals surface area contributed by atoms with Gasteiger partial charge in [-0.1, -0.05) is 18.3 Å². The summed E-state index contributed by atoms with van der Waals surface area (Å²) in [6, 6.07) is 1.65. The lowest BCUT2D eigenvalue weighted by Gasteiger charge is -2.02. The van der Waals surface area contributed by atoms with Crippen molar-refractivity contribution < 1.29 is 8.42 Å². The predicted octanol–water partition coefficient (Wildman–Crippen LogP) is 2.44. The minimum absolute atomic E-state index is 0.223. The third kappa shape index (κ3) is 3.55. The Hall–Kier alpha value is -0.550. The molecular formula is C10H13BrN4O2S3. The maximum absolute atomic E-state index is 12.3. The largest absolute Gasteiger partial charge is 0.315 e. The maximum Gasteiger partial charge on any atom is 0.265 e. The van der Waals surface area contributed by atoms with Crippen LogP contribution in [0.25, 0.3) is 0 Å². The lowest BCUT2D eigenvalue weighted by atomic mass is 10.5. The Bertz CT molecular complexity index is 695. The summed E-state index contributed by atoms with van der Waals surface area (Å²) in [6.07, 6.45) is 0.730. The van der Waals surface area contributed by atoms with Gasteiger partial charge in [-0.15, -0.1) is 21.5 Å². The van der Waals surface area contributed by atoms with Crippen LogP contribution in [0, 0.1) is 0 Å². The number of hydrogen-bond donors (Lipinski definition) is 2. The van der Waals surface area contributed by atoms with E-state index in [1.165, 1.54) is 22.7 Å². The highest BCUT2D eigenvalue weighted by Gasteiger charge is 2.22. The Labute approximate surface area is 133 Å². The molecule has 0 unspecified atom stereocenters. The molecule has 10 heteroatoms. The van der Waals surface area contributed by atoms with Crippen LogP contribution in [0.4, 0.5) is 5.13 Å². The minimum Gasteiger partial charge on any atom is -0.315 e. The lowest BCUT2D eigenvalue weighted by molar-refractivity contribution is 0.601. The van der Waals surface area contributed by atoms with Crippen LogP contribution in [0.5, 0.6) is 0 Å². The average Bonchev–Trinajstić information content (AvgIpc) is 2.96. The van der Waals surface area contributed by atoms with Crippen LogP contribution in [-0.2, 0) is 23.0 Å². The van der Waals surface area contributed by atoms with Crippen LogP contribution in [0.2, 0.25) is 0 Å². The van der Waals surface area contributed by atoms with Gasteiger partial charge in [0.15, 0.2) is 0 Å². The molecule has 2 rings (SSSR count). The fraction of sp³-hybridized carbons (Fsp3) is 0.400. The zero-order valence-corrected chi connectivity index (χ0v) is 14.8. The fourth-order valence-electron chi connectivity index (χ4n) is 1.45. The van der Waals surface area contributed by atoms with Crippen molar-refractivity contribution in [2.24, 2.45) is 0 Å². The summed E-state index contributed by atoms with van der Waals surface area (Å²) in [5.41, 5.74) is 0. The van der Waals surface area contributed by atoms with Crippen LogP contribution in [0.3, 0.4) is 0 Å². The average molecular weight is 397 g/mol. The molecule has 0 aliphatic heterocycles. The normalized spacial score (nSPS) is 11.8. The highest BCUT2D eigenvalue weighted by atomic mass is 79.9. The molecule has 0 aromatic carbocycles. The number of thiophene rings is 1. The SMILES string of the molecule is CCc1nnc(NS(=O)(=O)c2cc(CNC)sc2Br)s1. The molecule has 2 heterocycles. The number of sulfonamides is 1. The van der Waals surface area contributed by atoms with Crippen LogP contribution >= 0.6 is 38.6 Å². The van der Waals surface area contributed by atoms with Crippen molar-refractivity contribution in [3.63, 3.8) is 0 Å². The predicted molar refractivity (Wildman–Crippen MR) is 84.9 cm³/mol. The molecule has 2 aromatic heterocycles. The third-order valence-electron chi connectivity index (χ3n) is 2.34. The van der Waals surface area contributed by atoms with Crippen molar-refractivity contribution in [1.29, 1.82) is 0 Å². The Morgan fingerprint density at radius 3 is 2.70 bits per heavy atom. The van der Waals surface area contributed by atoms with Gasteiger partial charge in [0, 0.05) is 11.4 Å². The number of nitrogens with one attached hydrogen (secondary N) is 2. The van der Waals surface area contributed by atoms with Gasteiger partial charge in [0.25, 0.3) is 10.0 Å². The molecule has 0 fully saturated rings. The van der Waals surface area contributed by atoms with E-state index in [9.17, 15) is 8.42 Å². The van der Waals surface area contributed by atoms with Crippen LogP contribution in [0.15, 0.2) is 14.7 Å². The van der Waals surface area contributed by atoms with Crippen LogP contribution in [-0.4, -0.2) is 25.7 Å². The molecule has 20 heavy (non-hydrogen) atoms. The first-order chi connectivity index (χ1) is 9.46. The first-order valence-corrected chi connectivity index (χ1v) is 9.65. The van der Waals surface area contributed by atoms with Gasteiger partial charge in [-0.3, -0.25) is 4.72 Å². The van der Waals surface area contributed by atoms with E-state index in [1.807, 2.05) is 14.0 Å². The zero-order chi connectivity index (χ0) is 14.8. The molecular weight excluding hydrogens is 384 g/mol. The summed E-state index contributed by atoms with van der Waals surface area (Å²) in [4.78, 5) is 1.16. The number of hydrogen-bond acceptors (Lipinski definition) is 7. The number of anilines is 1. The van der Waals surface area contributed by atoms with Gasteiger partial charge >= 0.3 is 0 Å². The molecule has 0 amide bonds. The van der Waals surface area contributed by atoms with E-state index in [4.69, 9.17) is 0 Å². The monoisotopic (exact) mass is 396 g/mol. The second kappa shape index (κ2) is 6.48. The van der Waals surface area contributed by atoms with E-state index >= 15 is 0 Å². The molecule has 0 aliphatic carbocycles. The number of rotatable bonds is 6. The van der Waals surface area contributed by atoms with Crippen molar-refractivity contribution >= 4 is 53.8 Å². The number of nitrogens with zero attached hydrogens (tertiary/aromatic N) is 2. The summed E-state index contributed by atoms with van der Waals surface area (Å²) in [7, 11) is -1.83. The Morgan fingerprint density at radius 2 is 2.10 bits per heavy atom. The molecule has 0 saturated carbocycles. The van der Waals surface area contributed by atoms with E-state index < -0.39 is 10.0 Å². The van der Waals surface area contributed by atoms with Crippen LogP contribution in [0.1, 0.15) is 16.8 Å². The molecule has 0 spiro atoms. The van der Waals surface area contributed by atoms with Crippen molar-refractivity contribution in [2.75, 3.05) is 11.8 Å². The first-order valence-electron chi connectivity index (χ1n) is 5.74. The summed E-state index contributed by atoms with van der Waals surface area (Å²) in [5, 5.41) is 11.8. The van der Waals surface area contributed by atoms with E-state index in [0.29, 0.717) is 10.3 Å². The van der Waals surface area contributed by atoms with Crippen LogP contribution < -0.4 is 10.0 Å². The van der Waals surface area contributed by atoms with Gasteiger partial charge in [0.2, 0.25) is 5.13 Å². The molecule has 6 nitrogen and oxygen atoms in total. The van der Waals surface area contributed by atoms with E-state index in [-0.39, 0.29) is 10.0 Å². The molecule has 0 atom stereocenters. The Morgan fingerprint density at radius 1 is 1.35 bits per heavy atom. The third-order valence-corrected chi connectivity index (χ3v) is 7.04. The van der Waals surface area contributed by atoms with E-state index in [0.717, 1.165) is 16.3 Å². The highest BCUT2D eigenvalue weighted by Crippen LogP contribution is 2.33. The van der Waals surface area contributed by atoms with Gasteiger partial charge in [-0.2, -0.15) is 0 Å². The van der Waals surface area contributed by atoms with Gasteiger partial charge in [0.1, 0.15) is 9.90 Å². The molecule has 2 aromatic rings. The summed E-state index contributed by atoms with van der Waals surface area (Å²) < 4.78 is 27.7. The second-order valence-corrected chi connectivity index (χ2v) is 9.01. The van der Waals surface area contributed by atoms with Gasteiger partial charge in [-0.25, -0.2) is 8.42 Å². The van der Waals surface area contributed by atoms with Gasteiger partial charge in [-0.05, 0) is 35.5 Å². The summed E-state index contributed by atoms with van der Waals surface area (Å²) in [5.74, 6) is 0. The Balaban J connectivity index is 2.25. The minimum atomic E-state index is -3.64. The molecule has 0 saturated heterocycles. The topological polar surface area (TPSA) is 84.0 Å². The van der Waals surface area contributed by atoms with Gasteiger partial charge < -0.3 is 5.32 Å². The maximum atomic E-state index is 12.3. The molecule has 2 N–H and O–H groups in total. The smallest absolute Gasteiger partial charge is 0.265 e. The van der Waals surface area contributed by atoms with Crippen molar-refractivity contribution in [1.82, 2.24) is 15.5 Å².